The third-order valence-corrected chi connectivity index (χ3v) is 14.3. The number of rotatable bonds is 4. The number of alkyl halides is 1. The lowest BCUT2D eigenvalue weighted by atomic mass is 9.73. The first kappa shape index (κ1) is 46.6. The second-order valence-corrected chi connectivity index (χ2v) is 20.2. The lowest BCUT2D eigenvalue weighted by Crippen LogP contribution is -2.68. The molecule has 11 rings (SSSR count). The van der Waals surface area contributed by atoms with Crippen LogP contribution < -0.4 is 25.4 Å². The Hall–Kier alpha value is -6.53. The highest BCUT2D eigenvalue weighted by atomic mass is 79.9. The third kappa shape index (κ3) is 8.75. The number of benzene rings is 2. The molecule has 1 atom stereocenters. The second kappa shape index (κ2) is 18.2. The molecule has 4 aliphatic heterocycles. The van der Waals surface area contributed by atoms with Gasteiger partial charge in [-0.1, -0.05) is 15.9 Å². The zero-order valence-electron chi connectivity index (χ0n) is 39.0. The molecule has 3 amide bonds. The van der Waals surface area contributed by atoms with Crippen LogP contribution in [0.3, 0.4) is 0 Å². The van der Waals surface area contributed by atoms with Crippen LogP contribution in [0.4, 0.5) is 4.79 Å². The average Bonchev–Trinajstić information content (AvgIpc) is 3.62. The van der Waals surface area contributed by atoms with Crippen molar-refractivity contribution in [1.82, 2.24) is 45.4 Å². The number of aromatic nitrogens is 5. The molecule has 3 N–H and O–H groups in total. The highest BCUT2D eigenvalue weighted by Crippen LogP contribution is 2.44. The summed E-state index contributed by atoms with van der Waals surface area (Å²) in [6, 6.07) is 15.3. The van der Waals surface area contributed by atoms with Crippen molar-refractivity contribution in [2.75, 3.05) is 53.5 Å². The number of carbonyl (C=O) groups is 5. The van der Waals surface area contributed by atoms with E-state index in [1.807, 2.05) is 54.7 Å². The summed E-state index contributed by atoms with van der Waals surface area (Å²) in [5, 5.41) is 9.20. The van der Waals surface area contributed by atoms with Gasteiger partial charge < -0.3 is 39.6 Å². The first-order valence-electron chi connectivity index (χ1n) is 22.7. The topological polar surface area (TPSA) is 209 Å². The number of likely N-dealkylation sites (tertiary alicyclic amines) is 1. The molecule has 7 heterocycles. The van der Waals surface area contributed by atoms with Crippen LogP contribution in [0.5, 0.6) is 11.5 Å². The molecule has 0 bridgehead atoms. The van der Waals surface area contributed by atoms with Crippen molar-refractivity contribution in [2.24, 2.45) is 12.5 Å². The molecule has 2 aromatic carbocycles. The molecule has 3 aromatic heterocycles. The van der Waals surface area contributed by atoms with Gasteiger partial charge >= 0.3 is 6.09 Å². The quantitative estimate of drug-likeness (QED) is 0.157. The number of ether oxygens (including phenoxy) is 3. The SMILES string of the molecule is CC(C)(C)OC(=O)N1CC2(CNC(=O)CC2=O)C1.COc1ccc(-c2ncc3c(n2)-c2c(c4c(n2C)C2(CNC2)CNC4=O)CC3)cc1.COc1ccc(-c2ncc3c(n2)C(=O)C(Br)CC3)cc1. The van der Waals surface area contributed by atoms with E-state index in [9.17, 15) is 24.0 Å². The molecular formula is C50H54BrN9O8. The monoisotopic (exact) mass is 987 g/mol. The molecule has 17 nitrogen and oxygen atoms in total. The van der Waals surface area contributed by atoms with Crippen molar-refractivity contribution in [3.63, 3.8) is 0 Å². The van der Waals surface area contributed by atoms with Gasteiger partial charge in [0.25, 0.3) is 5.91 Å². The Bertz CT molecular complexity index is 2830. The van der Waals surface area contributed by atoms with Gasteiger partial charge in [0.2, 0.25) is 5.91 Å². The van der Waals surface area contributed by atoms with Crippen molar-refractivity contribution >= 4 is 45.4 Å². The molecule has 1 unspecified atom stereocenters. The number of Topliss-reactive ketones (excluding diaryl/α,β-unsaturated/α-hetero) is 2. The van der Waals surface area contributed by atoms with Crippen molar-refractivity contribution in [1.29, 1.82) is 0 Å². The van der Waals surface area contributed by atoms with Gasteiger partial charge in [-0.05, 0) is 112 Å². The molecule has 3 saturated heterocycles. The lowest BCUT2D eigenvalue weighted by molar-refractivity contribution is -0.146. The summed E-state index contributed by atoms with van der Waals surface area (Å²) in [6.45, 7) is 8.86. The Morgan fingerprint density at radius 3 is 1.88 bits per heavy atom. The number of fused-ring (bicyclic) bond motifs is 7. The lowest BCUT2D eigenvalue weighted by Gasteiger charge is -2.50. The molecule has 0 saturated carbocycles. The summed E-state index contributed by atoms with van der Waals surface area (Å²) in [6.07, 6.45) is 6.54. The van der Waals surface area contributed by atoms with Gasteiger partial charge in [-0.25, -0.2) is 24.7 Å². The minimum absolute atomic E-state index is 0.0126. The molecule has 6 aliphatic rings. The summed E-state index contributed by atoms with van der Waals surface area (Å²) in [5.41, 5.74) is 8.48. The van der Waals surface area contributed by atoms with Crippen molar-refractivity contribution < 1.29 is 38.2 Å². The number of nitrogens with zero attached hydrogens (tertiary/aromatic N) is 6. The molecule has 2 aliphatic carbocycles. The number of amides is 3. The molecule has 0 radical (unpaired) electrons. The summed E-state index contributed by atoms with van der Waals surface area (Å²) >= 11 is 3.40. The van der Waals surface area contributed by atoms with Crippen LogP contribution in [-0.2, 0) is 46.1 Å². The maximum atomic E-state index is 12.9. The summed E-state index contributed by atoms with van der Waals surface area (Å²) in [4.78, 5) is 79.4. The summed E-state index contributed by atoms with van der Waals surface area (Å²) < 4.78 is 17.8. The zero-order valence-corrected chi connectivity index (χ0v) is 40.5. The Morgan fingerprint density at radius 2 is 1.34 bits per heavy atom. The minimum atomic E-state index is -0.579. The maximum Gasteiger partial charge on any atom is 0.410 e. The third-order valence-electron chi connectivity index (χ3n) is 13.4. The fraction of sp³-hybridized carbons (Fsp3) is 0.420. The molecule has 354 valence electrons. The van der Waals surface area contributed by atoms with Crippen molar-refractivity contribution in [3.05, 3.63) is 94.6 Å². The van der Waals surface area contributed by atoms with Crippen LogP contribution >= 0.6 is 15.9 Å². The fourth-order valence-corrected chi connectivity index (χ4v) is 10.1. The number of halogens is 1. The van der Waals surface area contributed by atoms with Gasteiger partial charge in [-0.15, -0.1) is 0 Å². The Balaban J connectivity index is 0.000000134. The largest absolute Gasteiger partial charge is 0.497 e. The van der Waals surface area contributed by atoms with E-state index in [2.05, 4.69) is 58.4 Å². The average molecular weight is 989 g/mol. The number of hydrogen-bond donors (Lipinski definition) is 3. The van der Waals surface area contributed by atoms with E-state index in [1.165, 1.54) is 4.90 Å². The van der Waals surface area contributed by atoms with E-state index < -0.39 is 17.1 Å². The van der Waals surface area contributed by atoms with Gasteiger partial charge in [0.05, 0.1) is 53.2 Å². The Kier molecular flexibility index (Phi) is 12.4. The van der Waals surface area contributed by atoms with Crippen molar-refractivity contribution in [3.8, 4) is 45.7 Å². The number of piperidine rings is 1. The summed E-state index contributed by atoms with van der Waals surface area (Å²) in [7, 11) is 5.36. The van der Waals surface area contributed by atoms with E-state index >= 15 is 0 Å². The molecule has 2 spiro atoms. The second-order valence-electron chi connectivity index (χ2n) is 19.1. The fourth-order valence-electron chi connectivity index (χ4n) is 9.66. The van der Waals surface area contributed by atoms with E-state index in [0.717, 1.165) is 101 Å². The van der Waals surface area contributed by atoms with E-state index in [-0.39, 0.29) is 40.0 Å². The van der Waals surface area contributed by atoms with Crippen LogP contribution in [0.15, 0.2) is 60.9 Å². The van der Waals surface area contributed by atoms with Gasteiger partial charge in [-0.2, -0.15) is 0 Å². The van der Waals surface area contributed by atoms with E-state index in [0.29, 0.717) is 43.5 Å². The normalized spacial score (nSPS) is 19.2. The highest BCUT2D eigenvalue weighted by molar-refractivity contribution is 9.10. The number of nitrogens with one attached hydrogen (secondary N) is 3. The minimum Gasteiger partial charge on any atom is -0.497 e. The number of hydrogen-bond acceptors (Lipinski definition) is 13. The molecular weight excluding hydrogens is 935 g/mol. The Morgan fingerprint density at radius 1 is 0.765 bits per heavy atom. The molecule has 5 aromatic rings. The van der Waals surface area contributed by atoms with Gasteiger partial charge in [0.15, 0.2) is 23.2 Å². The van der Waals surface area contributed by atoms with Crippen LogP contribution in [0.2, 0.25) is 0 Å². The van der Waals surface area contributed by atoms with Gasteiger partial charge in [0, 0.05) is 75.5 Å². The van der Waals surface area contributed by atoms with Crippen molar-refractivity contribution in [2.45, 2.75) is 68.7 Å². The number of methoxy groups -OCH3 is 2. The van der Waals surface area contributed by atoms with Crippen LogP contribution in [0.1, 0.15) is 76.8 Å². The maximum absolute atomic E-state index is 12.9. The molecule has 18 heteroatoms. The van der Waals surface area contributed by atoms with Crippen LogP contribution in [-0.4, -0.2) is 123 Å². The number of aryl methyl sites for hydroxylation is 2. The van der Waals surface area contributed by atoms with Gasteiger partial charge in [0.1, 0.15) is 22.8 Å². The van der Waals surface area contributed by atoms with Crippen LogP contribution in [0.25, 0.3) is 34.2 Å². The molecule has 68 heavy (non-hydrogen) atoms. The van der Waals surface area contributed by atoms with Gasteiger partial charge in [-0.3, -0.25) is 19.2 Å². The highest BCUT2D eigenvalue weighted by Gasteiger charge is 2.54. The first-order valence-corrected chi connectivity index (χ1v) is 23.6. The zero-order chi connectivity index (χ0) is 48.1. The Labute approximate surface area is 402 Å². The summed E-state index contributed by atoms with van der Waals surface area (Å²) in [5.74, 6) is 2.63. The smallest absolute Gasteiger partial charge is 0.410 e. The predicted octanol–water partition coefficient (Wildman–Crippen LogP) is 5.20. The standard InChI is InChI=1S/C23H23N5O2.C15H13BrN2O2.C12H18N2O4/c1-28-19-16(17-20(28)23(10-24-11-23)12-26-22(17)29)8-5-14-9-25-21(27-18(14)19)13-3-6-15(30-2)7-4-13;1-20-11-5-2-9(3-6-11)15-17-8-10-4-7-12(16)14(19)13(10)18-15;1-11(2,3)18-10(17)14-6-12(7-14)5-13-9(16)4-8(12)15/h3-4,6-7,9,24H,5,8,10-12H2,1-2H3,(H,26,29);2-3,5-6,8,12H,4,7H2,1H3;4-7H2,1-3H3,(H,13,16). The number of ketones is 2. The first-order chi connectivity index (χ1) is 32.5. The van der Waals surface area contributed by atoms with E-state index in [1.54, 1.807) is 41.2 Å². The number of carbonyl (C=O) groups excluding carboxylic acids is 5. The van der Waals surface area contributed by atoms with Crippen LogP contribution in [0, 0.1) is 5.41 Å². The van der Waals surface area contributed by atoms with E-state index in [4.69, 9.17) is 19.2 Å². The predicted molar refractivity (Wildman–Crippen MR) is 255 cm³/mol. The molecule has 3 fully saturated rings.